The van der Waals surface area contributed by atoms with Crippen LogP contribution in [0.2, 0.25) is 0 Å². The zero-order valence-corrected chi connectivity index (χ0v) is 11.3. The first-order valence-corrected chi connectivity index (χ1v) is 6.42. The summed E-state index contributed by atoms with van der Waals surface area (Å²) < 4.78 is 5.80. The number of aliphatic hydroxyl groups excluding tert-OH is 1. The summed E-state index contributed by atoms with van der Waals surface area (Å²) in [4.78, 5) is 0. The van der Waals surface area contributed by atoms with Crippen molar-refractivity contribution in [3.63, 3.8) is 0 Å². The van der Waals surface area contributed by atoms with Crippen LogP contribution in [0.5, 0.6) is 0 Å². The number of ether oxygens (including phenoxy) is 1. The Balaban J connectivity index is 4.03. The molecule has 0 rings (SSSR count). The van der Waals surface area contributed by atoms with E-state index in [9.17, 15) is 5.11 Å². The number of rotatable bonds is 9. The van der Waals surface area contributed by atoms with Crippen molar-refractivity contribution < 1.29 is 14.9 Å². The van der Waals surface area contributed by atoms with Gasteiger partial charge in [0.15, 0.2) is 0 Å². The Bertz CT molecular complexity index is 178. The minimum atomic E-state index is -0.589. The van der Waals surface area contributed by atoms with E-state index in [4.69, 9.17) is 9.84 Å². The molecule has 0 aromatic heterocycles. The highest BCUT2D eigenvalue weighted by atomic mass is 16.5. The molecule has 0 spiro atoms. The number of aliphatic hydroxyl groups is 2. The lowest BCUT2D eigenvalue weighted by Crippen LogP contribution is -2.34. The summed E-state index contributed by atoms with van der Waals surface area (Å²) in [5.41, 5.74) is -0.842. The number of hydrogen-bond donors (Lipinski definition) is 2. The molecule has 3 nitrogen and oxygen atoms in total. The molecule has 0 saturated carbocycles. The van der Waals surface area contributed by atoms with E-state index in [1.807, 2.05) is 20.8 Å². The first-order valence-electron chi connectivity index (χ1n) is 6.42. The molecule has 0 bridgehead atoms. The van der Waals surface area contributed by atoms with Gasteiger partial charge < -0.3 is 14.9 Å². The topological polar surface area (TPSA) is 49.7 Å². The van der Waals surface area contributed by atoms with Crippen LogP contribution in [-0.2, 0) is 4.74 Å². The van der Waals surface area contributed by atoms with Gasteiger partial charge in [-0.2, -0.15) is 0 Å². The molecule has 0 aromatic rings. The second kappa shape index (κ2) is 7.25. The SMILES string of the molecule is CCC(O)(CC)CCOC(C)(CC)CCO. The maximum atomic E-state index is 10.1. The lowest BCUT2D eigenvalue weighted by atomic mass is 9.93. The average Bonchev–Trinajstić information content (AvgIpc) is 2.29. The Morgan fingerprint density at radius 1 is 1.00 bits per heavy atom. The third kappa shape index (κ3) is 5.28. The molecule has 0 saturated heterocycles. The Hall–Kier alpha value is -0.120. The summed E-state index contributed by atoms with van der Waals surface area (Å²) >= 11 is 0. The summed E-state index contributed by atoms with van der Waals surface area (Å²) in [6.45, 7) is 8.77. The van der Waals surface area contributed by atoms with Crippen LogP contribution in [0.4, 0.5) is 0 Å². The van der Waals surface area contributed by atoms with Crippen molar-refractivity contribution in [2.45, 2.75) is 71.0 Å². The molecule has 2 N–H and O–H groups in total. The van der Waals surface area contributed by atoms with Crippen molar-refractivity contribution in [3.05, 3.63) is 0 Å². The van der Waals surface area contributed by atoms with Crippen LogP contribution in [-0.4, -0.2) is 34.6 Å². The van der Waals surface area contributed by atoms with Gasteiger partial charge in [-0.25, -0.2) is 0 Å². The van der Waals surface area contributed by atoms with Gasteiger partial charge in [0.05, 0.1) is 17.8 Å². The zero-order valence-electron chi connectivity index (χ0n) is 11.3. The van der Waals surface area contributed by atoms with Gasteiger partial charge in [0.25, 0.3) is 0 Å². The Morgan fingerprint density at radius 2 is 1.56 bits per heavy atom. The third-order valence-corrected chi connectivity index (χ3v) is 3.72. The van der Waals surface area contributed by atoms with Gasteiger partial charge in [0.1, 0.15) is 0 Å². The van der Waals surface area contributed by atoms with Crippen LogP contribution in [0.3, 0.4) is 0 Å². The average molecular weight is 232 g/mol. The maximum Gasteiger partial charge on any atom is 0.0673 e. The Morgan fingerprint density at radius 3 is 1.94 bits per heavy atom. The van der Waals surface area contributed by atoms with Gasteiger partial charge in [-0.1, -0.05) is 20.8 Å². The Kier molecular flexibility index (Phi) is 7.20. The van der Waals surface area contributed by atoms with E-state index in [2.05, 4.69) is 6.92 Å². The van der Waals surface area contributed by atoms with E-state index in [0.717, 1.165) is 19.3 Å². The maximum absolute atomic E-state index is 10.1. The normalized spacial score (nSPS) is 16.1. The van der Waals surface area contributed by atoms with Crippen LogP contribution >= 0.6 is 0 Å². The fraction of sp³-hybridized carbons (Fsp3) is 1.00. The summed E-state index contributed by atoms with van der Waals surface area (Å²) in [7, 11) is 0. The molecule has 0 radical (unpaired) electrons. The van der Waals surface area contributed by atoms with E-state index in [0.29, 0.717) is 19.4 Å². The largest absolute Gasteiger partial charge is 0.396 e. The van der Waals surface area contributed by atoms with Gasteiger partial charge in [-0.05, 0) is 39.0 Å². The van der Waals surface area contributed by atoms with Crippen molar-refractivity contribution in [2.75, 3.05) is 13.2 Å². The van der Waals surface area contributed by atoms with Crippen LogP contribution in [0.15, 0.2) is 0 Å². The molecule has 0 fully saturated rings. The molecule has 1 unspecified atom stereocenters. The van der Waals surface area contributed by atoms with Crippen molar-refractivity contribution in [2.24, 2.45) is 0 Å². The first-order chi connectivity index (χ1) is 7.45. The molecule has 16 heavy (non-hydrogen) atoms. The van der Waals surface area contributed by atoms with Gasteiger partial charge in [-0.3, -0.25) is 0 Å². The predicted molar refractivity (Wildman–Crippen MR) is 66.5 cm³/mol. The summed E-state index contributed by atoms with van der Waals surface area (Å²) in [5.74, 6) is 0. The quantitative estimate of drug-likeness (QED) is 0.642. The van der Waals surface area contributed by atoms with Crippen molar-refractivity contribution in [1.82, 2.24) is 0 Å². The Labute approximate surface area is 99.8 Å². The summed E-state index contributed by atoms with van der Waals surface area (Å²) in [5, 5.41) is 19.1. The van der Waals surface area contributed by atoms with Crippen LogP contribution < -0.4 is 0 Å². The highest BCUT2D eigenvalue weighted by molar-refractivity contribution is 4.77. The molecule has 0 aliphatic carbocycles. The second-order valence-corrected chi connectivity index (χ2v) is 4.81. The van der Waals surface area contributed by atoms with Crippen LogP contribution in [0, 0.1) is 0 Å². The lowest BCUT2D eigenvalue weighted by molar-refractivity contribution is -0.0773. The molecule has 0 heterocycles. The molecule has 98 valence electrons. The fourth-order valence-corrected chi connectivity index (χ4v) is 1.68. The highest BCUT2D eigenvalue weighted by Gasteiger charge is 2.26. The zero-order chi connectivity index (χ0) is 12.7. The minimum absolute atomic E-state index is 0.149. The predicted octanol–water partition coefficient (Wildman–Crippen LogP) is 2.50. The van der Waals surface area contributed by atoms with E-state index >= 15 is 0 Å². The van der Waals surface area contributed by atoms with E-state index < -0.39 is 5.60 Å². The molecule has 0 aliphatic heterocycles. The van der Waals surface area contributed by atoms with Gasteiger partial charge in [-0.15, -0.1) is 0 Å². The second-order valence-electron chi connectivity index (χ2n) is 4.81. The highest BCUT2D eigenvalue weighted by Crippen LogP contribution is 2.23. The van der Waals surface area contributed by atoms with Gasteiger partial charge in [0, 0.05) is 6.61 Å². The molecule has 0 aliphatic rings. The van der Waals surface area contributed by atoms with Crippen molar-refractivity contribution in [3.8, 4) is 0 Å². The van der Waals surface area contributed by atoms with E-state index in [1.54, 1.807) is 0 Å². The fourth-order valence-electron chi connectivity index (χ4n) is 1.68. The number of hydrogen-bond acceptors (Lipinski definition) is 3. The molecular weight excluding hydrogens is 204 g/mol. The van der Waals surface area contributed by atoms with E-state index in [1.165, 1.54) is 0 Å². The standard InChI is InChI=1S/C13H28O3/c1-5-12(4,8-10-14)16-11-9-13(15,6-2)7-3/h14-15H,5-11H2,1-4H3. The summed E-state index contributed by atoms with van der Waals surface area (Å²) in [6.07, 6.45) is 3.72. The molecule has 3 heteroatoms. The van der Waals surface area contributed by atoms with Crippen molar-refractivity contribution >= 4 is 0 Å². The first kappa shape index (κ1) is 15.9. The summed E-state index contributed by atoms with van der Waals surface area (Å²) in [6, 6.07) is 0. The lowest BCUT2D eigenvalue weighted by Gasteiger charge is -2.31. The van der Waals surface area contributed by atoms with Crippen LogP contribution in [0.1, 0.15) is 59.8 Å². The molecule has 1 atom stereocenters. The smallest absolute Gasteiger partial charge is 0.0673 e. The van der Waals surface area contributed by atoms with Crippen LogP contribution in [0.25, 0.3) is 0 Å². The van der Waals surface area contributed by atoms with Gasteiger partial charge in [0.2, 0.25) is 0 Å². The van der Waals surface area contributed by atoms with E-state index in [-0.39, 0.29) is 12.2 Å². The monoisotopic (exact) mass is 232 g/mol. The van der Waals surface area contributed by atoms with Gasteiger partial charge >= 0.3 is 0 Å². The minimum Gasteiger partial charge on any atom is -0.396 e. The molecule has 0 amide bonds. The third-order valence-electron chi connectivity index (χ3n) is 3.72. The van der Waals surface area contributed by atoms with Crippen molar-refractivity contribution in [1.29, 1.82) is 0 Å². The molecular formula is C13H28O3. The molecule has 0 aromatic carbocycles.